The molecule has 3 atom stereocenters. The summed E-state index contributed by atoms with van der Waals surface area (Å²) in [5, 5.41) is 2.97. The van der Waals surface area contributed by atoms with Crippen LogP contribution in [0, 0.1) is 5.92 Å². The fraction of sp³-hybridized carbons (Fsp3) is 0.548. The molecule has 228 valence electrons. The normalized spacial score (nSPS) is 19.0. The minimum atomic E-state index is -0.751. The second kappa shape index (κ2) is 15.0. The summed E-state index contributed by atoms with van der Waals surface area (Å²) in [6, 6.07) is 12.0. The number of ether oxygens (including phenoxy) is 2. The Hall–Kier alpha value is -2.92. The molecule has 1 saturated heterocycles. The summed E-state index contributed by atoms with van der Waals surface area (Å²) in [6.07, 6.45) is 7.97. The number of pyridine rings is 1. The first-order valence-electron chi connectivity index (χ1n) is 14.6. The summed E-state index contributed by atoms with van der Waals surface area (Å²) in [6.45, 7) is 7.04. The maximum absolute atomic E-state index is 13.1. The van der Waals surface area contributed by atoms with Crippen LogP contribution in [0.5, 0.6) is 11.6 Å². The summed E-state index contributed by atoms with van der Waals surface area (Å²) in [5.74, 6) is 1.96. The number of carbonyl (C=O) groups excluding carboxylic acids is 3. The van der Waals surface area contributed by atoms with Gasteiger partial charge in [0.1, 0.15) is 23.4 Å². The van der Waals surface area contributed by atoms with Crippen LogP contribution in [0.1, 0.15) is 65.4 Å². The van der Waals surface area contributed by atoms with Crippen LogP contribution in [-0.4, -0.2) is 62.4 Å². The number of rotatable bonds is 10. The lowest BCUT2D eigenvalue weighted by Crippen LogP contribution is -2.53. The summed E-state index contributed by atoms with van der Waals surface area (Å²) in [5.41, 5.74) is 0.425. The third-order valence-electron chi connectivity index (χ3n) is 7.25. The van der Waals surface area contributed by atoms with Gasteiger partial charge in [0.2, 0.25) is 11.8 Å². The molecule has 9 nitrogen and oxygen atoms in total. The third kappa shape index (κ3) is 9.55. The minimum absolute atomic E-state index is 0.175. The highest BCUT2D eigenvalue weighted by atomic mass is 32.2. The smallest absolute Gasteiger partial charge is 0.411 e. The SMILES string of the molecule is C[C@@H](NC(=O)[C@@H]1CSCN1C(=O)OC(C)(C)C)C(=O)NSC(Cc1ccc(Oc2ccccc2)nc1)C1CCCCC1. The molecule has 1 aromatic heterocycles. The van der Waals surface area contributed by atoms with E-state index < -0.39 is 23.8 Å². The molecule has 1 unspecified atom stereocenters. The number of aromatic nitrogens is 1. The van der Waals surface area contributed by atoms with E-state index in [1.165, 1.54) is 47.9 Å². The Bertz CT molecular complexity index is 1190. The van der Waals surface area contributed by atoms with E-state index in [2.05, 4.69) is 15.0 Å². The second-order valence-corrected chi connectivity index (χ2v) is 13.9. The Balaban J connectivity index is 1.32. The van der Waals surface area contributed by atoms with E-state index in [9.17, 15) is 14.4 Å². The molecule has 1 aromatic carbocycles. The van der Waals surface area contributed by atoms with E-state index in [4.69, 9.17) is 9.47 Å². The summed E-state index contributed by atoms with van der Waals surface area (Å²) >= 11 is 2.93. The van der Waals surface area contributed by atoms with Crippen molar-refractivity contribution in [3.8, 4) is 11.6 Å². The van der Waals surface area contributed by atoms with Crippen LogP contribution < -0.4 is 14.8 Å². The molecule has 1 aliphatic carbocycles. The molecule has 4 rings (SSSR count). The van der Waals surface area contributed by atoms with E-state index in [-0.39, 0.29) is 17.1 Å². The van der Waals surface area contributed by atoms with Crippen molar-refractivity contribution < 1.29 is 23.9 Å². The van der Waals surface area contributed by atoms with E-state index in [0.717, 1.165) is 30.6 Å². The average molecular weight is 615 g/mol. The monoisotopic (exact) mass is 614 g/mol. The van der Waals surface area contributed by atoms with Crippen molar-refractivity contribution in [2.75, 3.05) is 11.6 Å². The molecule has 1 aliphatic heterocycles. The fourth-order valence-electron chi connectivity index (χ4n) is 5.00. The Morgan fingerprint density at radius 1 is 1.10 bits per heavy atom. The standard InChI is InChI=1S/C31H42N4O5S2/c1-21(33-29(37)25-19-41-20-35(25)30(38)40-31(2,3)4)28(36)34-42-26(23-11-7-5-8-12-23)17-22-15-16-27(32-18-22)39-24-13-9-6-10-14-24/h6,9-10,13-16,18,21,23,25-26H,5,7-8,11-12,17,19-20H2,1-4H3,(H,33,37)(H,34,36)/t21-,25+,26?/m1/s1. The molecule has 2 aromatic rings. The number of nitrogens with zero attached hydrogens (tertiary/aromatic N) is 2. The van der Waals surface area contributed by atoms with Crippen molar-refractivity contribution >= 4 is 41.6 Å². The molecular weight excluding hydrogens is 572 g/mol. The summed E-state index contributed by atoms with van der Waals surface area (Å²) < 4.78 is 14.3. The first-order valence-corrected chi connectivity index (χ1v) is 16.6. The molecule has 0 spiro atoms. The van der Waals surface area contributed by atoms with E-state index in [0.29, 0.717) is 23.4 Å². The van der Waals surface area contributed by atoms with Crippen molar-refractivity contribution in [1.82, 2.24) is 19.9 Å². The maximum Gasteiger partial charge on any atom is 0.411 e. The number of thioether (sulfide) groups is 1. The van der Waals surface area contributed by atoms with Crippen LogP contribution in [0.2, 0.25) is 0 Å². The zero-order valence-corrected chi connectivity index (χ0v) is 26.5. The van der Waals surface area contributed by atoms with Crippen molar-refractivity contribution in [2.45, 2.75) is 89.2 Å². The number of nitrogens with one attached hydrogen (secondary N) is 2. The molecule has 2 aliphatic rings. The molecule has 1 saturated carbocycles. The molecular formula is C31H42N4O5S2. The van der Waals surface area contributed by atoms with Gasteiger partial charge < -0.3 is 14.8 Å². The van der Waals surface area contributed by atoms with Crippen LogP contribution in [-0.2, 0) is 20.7 Å². The lowest BCUT2D eigenvalue weighted by molar-refractivity contribution is -0.130. The number of amides is 3. The Kier molecular flexibility index (Phi) is 11.4. The maximum atomic E-state index is 13.1. The van der Waals surface area contributed by atoms with Gasteiger partial charge in [0.05, 0.1) is 5.88 Å². The number of benzene rings is 1. The van der Waals surface area contributed by atoms with Gasteiger partial charge in [0.15, 0.2) is 0 Å². The molecule has 2 N–H and O–H groups in total. The van der Waals surface area contributed by atoms with Crippen molar-refractivity contribution in [1.29, 1.82) is 0 Å². The molecule has 3 amide bonds. The van der Waals surface area contributed by atoms with Crippen molar-refractivity contribution in [3.05, 3.63) is 54.2 Å². The highest BCUT2D eigenvalue weighted by molar-refractivity contribution is 7.99. The summed E-state index contributed by atoms with van der Waals surface area (Å²) in [4.78, 5) is 44.6. The molecule has 2 fully saturated rings. The van der Waals surface area contributed by atoms with Crippen LogP contribution in [0.15, 0.2) is 48.7 Å². The van der Waals surface area contributed by atoms with Gasteiger partial charge in [-0.25, -0.2) is 9.78 Å². The van der Waals surface area contributed by atoms with Gasteiger partial charge in [-0.1, -0.05) is 43.5 Å². The number of carbonyl (C=O) groups is 3. The molecule has 0 bridgehead atoms. The van der Waals surface area contributed by atoms with Gasteiger partial charge in [0.25, 0.3) is 5.91 Å². The lowest BCUT2D eigenvalue weighted by atomic mass is 9.85. The Labute approximate surface area is 257 Å². The fourth-order valence-corrected chi connectivity index (χ4v) is 7.33. The van der Waals surface area contributed by atoms with E-state index in [1.54, 1.807) is 27.7 Å². The van der Waals surface area contributed by atoms with Gasteiger partial charge in [-0.3, -0.25) is 19.2 Å². The van der Waals surface area contributed by atoms with Gasteiger partial charge in [-0.15, -0.1) is 11.8 Å². The predicted molar refractivity (Wildman–Crippen MR) is 167 cm³/mol. The van der Waals surface area contributed by atoms with Gasteiger partial charge in [-0.05, 0) is 82.5 Å². The van der Waals surface area contributed by atoms with Crippen molar-refractivity contribution in [3.63, 3.8) is 0 Å². The van der Waals surface area contributed by atoms with Crippen molar-refractivity contribution in [2.24, 2.45) is 5.92 Å². The first-order chi connectivity index (χ1) is 20.1. The topological polar surface area (TPSA) is 110 Å². The Morgan fingerprint density at radius 3 is 2.50 bits per heavy atom. The highest BCUT2D eigenvalue weighted by Gasteiger charge is 2.38. The molecule has 2 heterocycles. The summed E-state index contributed by atoms with van der Waals surface area (Å²) in [7, 11) is 0. The van der Waals surface area contributed by atoms with Gasteiger partial charge in [-0.2, -0.15) is 0 Å². The van der Waals surface area contributed by atoms with Crippen LogP contribution >= 0.6 is 23.7 Å². The number of hydrogen-bond donors (Lipinski definition) is 2. The lowest BCUT2D eigenvalue weighted by Gasteiger charge is -2.30. The highest BCUT2D eigenvalue weighted by Crippen LogP contribution is 2.34. The number of para-hydroxylation sites is 1. The van der Waals surface area contributed by atoms with Crippen LogP contribution in [0.25, 0.3) is 0 Å². The molecule has 0 radical (unpaired) electrons. The average Bonchev–Trinajstić information content (AvgIpc) is 3.47. The molecule has 42 heavy (non-hydrogen) atoms. The van der Waals surface area contributed by atoms with E-state index >= 15 is 0 Å². The van der Waals surface area contributed by atoms with E-state index in [1.807, 2.05) is 48.7 Å². The Morgan fingerprint density at radius 2 is 1.83 bits per heavy atom. The second-order valence-electron chi connectivity index (χ2n) is 11.8. The van der Waals surface area contributed by atoms with Gasteiger partial charge >= 0.3 is 6.09 Å². The van der Waals surface area contributed by atoms with Crippen LogP contribution in [0.3, 0.4) is 0 Å². The molecule has 11 heteroatoms. The quantitative estimate of drug-likeness (QED) is 0.316. The largest absolute Gasteiger partial charge is 0.444 e. The zero-order valence-electron chi connectivity index (χ0n) is 24.8. The first kappa shape index (κ1) is 32.0. The third-order valence-corrected chi connectivity index (χ3v) is 9.44. The van der Waals surface area contributed by atoms with Crippen LogP contribution in [0.4, 0.5) is 4.79 Å². The number of hydrogen-bond acceptors (Lipinski definition) is 8. The minimum Gasteiger partial charge on any atom is -0.444 e. The predicted octanol–water partition coefficient (Wildman–Crippen LogP) is 5.94. The zero-order chi connectivity index (χ0) is 30.1. The van der Waals surface area contributed by atoms with Gasteiger partial charge in [0, 0.05) is 23.3 Å².